The number of thioether (sulfide) groups is 2. The fourth-order valence-corrected chi connectivity index (χ4v) is 4.69. The minimum Gasteiger partial charge on any atom is -0.325 e. The lowest BCUT2D eigenvalue weighted by Crippen LogP contribution is -2.14. The maximum atomic E-state index is 12.0. The van der Waals surface area contributed by atoms with E-state index >= 15 is 0 Å². The molecule has 0 aliphatic carbocycles. The molecule has 2 N–H and O–H groups in total. The Labute approximate surface area is 204 Å². The summed E-state index contributed by atoms with van der Waals surface area (Å²) in [4.78, 5) is 24.0. The highest BCUT2D eigenvalue weighted by molar-refractivity contribution is 9.10. The van der Waals surface area contributed by atoms with E-state index in [2.05, 4.69) is 42.5 Å². The van der Waals surface area contributed by atoms with E-state index in [1.54, 1.807) is 23.5 Å². The number of hydrogen-bond donors (Lipinski definition) is 2. The first-order valence-electron chi connectivity index (χ1n) is 9.62. The number of rotatable bonds is 11. The Hall–Kier alpha value is -0.960. The van der Waals surface area contributed by atoms with Gasteiger partial charge in [-0.1, -0.05) is 31.9 Å². The quantitative estimate of drug-likeness (QED) is 0.295. The summed E-state index contributed by atoms with van der Waals surface area (Å²) in [5, 5.41) is 5.86. The first-order valence-corrected chi connectivity index (χ1v) is 13.5. The molecule has 2 rings (SSSR count). The normalized spacial score (nSPS) is 10.7. The number of carbonyl (C=O) groups is 2. The van der Waals surface area contributed by atoms with E-state index in [0.717, 1.165) is 55.8 Å². The van der Waals surface area contributed by atoms with Crippen molar-refractivity contribution in [3.63, 3.8) is 0 Å². The van der Waals surface area contributed by atoms with Gasteiger partial charge >= 0.3 is 0 Å². The minimum absolute atomic E-state index is 0.0240. The molecule has 0 fully saturated rings. The molecular formula is C22H26Br2N2O2S2. The van der Waals surface area contributed by atoms with E-state index in [1.807, 2.05) is 50.2 Å². The van der Waals surface area contributed by atoms with Crippen LogP contribution in [0.5, 0.6) is 0 Å². The van der Waals surface area contributed by atoms with Crippen molar-refractivity contribution in [3.8, 4) is 0 Å². The lowest BCUT2D eigenvalue weighted by Gasteiger charge is -2.08. The van der Waals surface area contributed by atoms with Gasteiger partial charge in [-0.25, -0.2) is 0 Å². The Balaban J connectivity index is 1.50. The Morgan fingerprint density at radius 3 is 1.53 bits per heavy atom. The summed E-state index contributed by atoms with van der Waals surface area (Å²) in [5.41, 5.74) is 3.85. The van der Waals surface area contributed by atoms with Gasteiger partial charge < -0.3 is 10.6 Å². The molecular weight excluding hydrogens is 548 g/mol. The van der Waals surface area contributed by atoms with Crippen molar-refractivity contribution >= 4 is 78.6 Å². The topological polar surface area (TPSA) is 58.2 Å². The molecule has 0 radical (unpaired) electrons. The van der Waals surface area contributed by atoms with E-state index in [9.17, 15) is 9.59 Å². The predicted molar refractivity (Wildman–Crippen MR) is 139 cm³/mol. The van der Waals surface area contributed by atoms with Gasteiger partial charge in [0.05, 0.1) is 11.5 Å². The zero-order chi connectivity index (χ0) is 21.9. The van der Waals surface area contributed by atoms with Gasteiger partial charge in [-0.3, -0.25) is 9.59 Å². The van der Waals surface area contributed by atoms with Crippen LogP contribution in [0.4, 0.5) is 11.4 Å². The second-order valence-electron chi connectivity index (χ2n) is 6.84. The minimum atomic E-state index is 0.0240. The number of unbranched alkanes of at least 4 members (excludes halogenated alkanes) is 1. The highest BCUT2D eigenvalue weighted by Crippen LogP contribution is 2.21. The second-order valence-corrected chi connectivity index (χ2v) is 10.8. The predicted octanol–water partition coefficient (Wildman–Crippen LogP) is 6.65. The van der Waals surface area contributed by atoms with Crippen molar-refractivity contribution in [1.29, 1.82) is 0 Å². The van der Waals surface area contributed by atoms with E-state index in [-0.39, 0.29) is 11.8 Å². The number of aryl methyl sites for hydroxylation is 2. The summed E-state index contributed by atoms with van der Waals surface area (Å²) < 4.78 is 2.07. The number of amides is 2. The molecule has 0 atom stereocenters. The molecule has 0 bridgehead atoms. The number of carbonyl (C=O) groups excluding carboxylic acids is 2. The molecule has 8 heteroatoms. The molecule has 0 aliphatic rings. The first-order chi connectivity index (χ1) is 14.3. The Bertz CT molecular complexity index is 807. The highest BCUT2D eigenvalue weighted by atomic mass is 79.9. The lowest BCUT2D eigenvalue weighted by atomic mass is 10.2. The standard InChI is InChI=1S/C22H26Br2N2O2S2/c1-15-11-17(5-7-19(15)23)25-21(27)13-29-9-3-4-10-30-14-22(28)26-18-6-8-20(24)16(2)12-18/h5-8,11-12H,3-4,9-10,13-14H2,1-2H3,(H,25,27)(H,26,28). The average Bonchev–Trinajstić information content (AvgIpc) is 2.69. The van der Waals surface area contributed by atoms with Crippen LogP contribution in [0.2, 0.25) is 0 Å². The Morgan fingerprint density at radius 1 is 0.767 bits per heavy atom. The van der Waals surface area contributed by atoms with Gasteiger partial charge in [0.2, 0.25) is 11.8 Å². The van der Waals surface area contributed by atoms with Crippen LogP contribution in [0.15, 0.2) is 45.3 Å². The fraction of sp³-hybridized carbons (Fsp3) is 0.364. The van der Waals surface area contributed by atoms with Crippen molar-refractivity contribution in [2.24, 2.45) is 0 Å². The molecule has 4 nitrogen and oxygen atoms in total. The van der Waals surface area contributed by atoms with Crippen LogP contribution in [-0.2, 0) is 9.59 Å². The summed E-state index contributed by atoms with van der Waals surface area (Å²) in [5.74, 6) is 2.84. The summed E-state index contributed by atoms with van der Waals surface area (Å²) in [7, 11) is 0. The van der Waals surface area contributed by atoms with Crippen LogP contribution in [0.1, 0.15) is 24.0 Å². The number of hydrogen-bond acceptors (Lipinski definition) is 4. The molecule has 2 aromatic carbocycles. The monoisotopic (exact) mass is 572 g/mol. The summed E-state index contributed by atoms with van der Waals surface area (Å²) >= 11 is 10.2. The van der Waals surface area contributed by atoms with E-state index in [4.69, 9.17) is 0 Å². The zero-order valence-corrected chi connectivity index (χ0v) is 21.9. The number of anilines is 2. The van der Waals surface area contributed by atoms with Crippen molar-refractivity contribution < 1.29 is 9.59 Å². The lowest BCUT2D eigenvalue weighted by molar-refractivity contribution is -0.114. The molecule has 0 saturated heterocycles. The maximum Gasteiger partial charge on any atom is 0.234 e. The van der Waals surface area contributed by atoms with Crippen LogP contribution < -0.4 is 10.6 Å². The van der Waals surface area contributed by atoms with Gasteiger partial charge in [-0.05, 0) is 85.7 Å². The second kappa shape index (κ2) is 13.5. The van der Waals surface area contributed by atoms with Gasteiger partial charge in [-0.15, -0.1) is 0 Å². The molecule has 0 saturated carbocycles. The summed E-state index contributed by atoms with van der Waals surface area (Å²) in [6.45, 7) is 4.00. The van der Waals surface area contributed by atoms with Crippen LogP contribution in [-0.4, -0.2) is 34.8 Å². The van der Waals surface area contributed by atoms with Gasteiger partial charge in [0, 0.05) is 20.3 Å². The van der Waals surface area contributed by atoms with E-state index < -0.39 is 0 Å². The molecule has 2 amide bonds. The molecule has 0 unspecified atom stereocenters. The maximum absolute atomic E-state index is 12.0. The van der Waals surface area contributed by atoms with Crippen molar-refractivity contribution in [1.82, 2.24) is 0 Å². The third-order valence-corrected chi connectivity index (χ3v) is 8.04. The van der Waals surface area contributed by atoms with Crippen LogP contribution in [0.3, 0.4) is 0 Å². The number of nitrogens with one attached hydrogen (secondary N) is 2. The Morgan fingerprint density at radius 2 is 1.17 bits per heavy atom. The molecule has 0 aliphatic heterocycles. The molecule has 0 heterocycles. The van der Waals surface area contributed by atoms with Gasteiger partial charge in [-0.2, -0.15) is 23.5 Å². The molecule has 30 heavy (non-hydrogen) atoms. The van der Waals surface area contributed by atoms with Gasteiger partial charge in [0.25, 0.3) is 0 Å². The van der Waals surface area contributed by atoms with Gasteiger partial charge in [0.1, 0.15) is 0 Å². The van der Waals surface area contributed by atoms with Crippen LogP contribution in [0, 0.1) is 13.8 Å². The molecule has 0 spiro atoms. The van der Waals surface area contributed by atoms with Gasteiger partial charge in [0.15, 0.2) is 0 Å². The molecule has 2 aromatic rings. The molecule has 162 valence electrons. The van der Waals surface area contributed by atoms with E-state index in [0.29, 0.717) is 11.5 Å². The number of benzene rings is 2. The molecule has 0 aromatic heterocycles. The van der Waals surface area contributed by atoms with Crippen molar-refractivity contribution in [2.75, 3.05) is 33.6 Å². The summed E-state index contributed by atoms with van der Waals surface area (Å²) in [6, 6.07) is 11.6. The number of halogens is 2. The van der Waals surface area contributed by atoms with Crippen molar-refractivity contribution in [2.45, 2.75) is 26.7 Å². The first kappa shape index (κ1) is 25.3. The van der Waals surface area contributed by atoms with Crippen molar-refractivity contribution in [3.05, 3.63) is 56.5 Å². The van der Waals surface area contributed by atoms with Crippen LogP contribution >= 0.6 is 55.4 Å². The average molecular weight is 574 g/mol. The van der Waals surface area contributed by atoms with E-state index in [1.165, 1.54) is 0 Å². The third-order valence-electron chi connectivity index (χ3n) is 4.18. The van der Waals surface area contributed by atoms with Crippen LogP contribution in [0.25, 0.3) is 0 Å². The smallest absolute Gasteiger partial charge is 0.234 e. The fourth-order valence-electron chi connectivity index (χ4n) is 2.58. The summed E-state index contributed by atoms with van der Waals surface area (Å²) in [6.07, 6.45) is 2.08. The highest BCUT2D eigenvalue weighted by Gasteiger charge is 2.06. The zero-order valence-electron chi connectivity index (χ0n) is 17.1. The Kier molecular flexibility index (Phi) is 11.3. The SMILES string of the molecule is Cc1cc(NC(=O)CSCCCCSCC(=O)Nc2ccc(Br)c(C)c2)ccc1Br. The third kappa shape index (κ3) is 9.45. The largest absolute Gasteiger partial charge is 0.325 e.